The topological polar surface area (TPSA) is 169 Å². The molecule has 0 bridgehead atoms. The highest BCUT2D eigenvalue weighted by Gasteiger charge is 2.03. The zero-order chi connectivity index (χ0) is 14.4. The van der Waals surface area contributed by atoms with E-state index in [2.05, 4.69) is 4.98 Å². The smallest absolute Gasteiger partial charge is 0.352 e. The Hall–Kier alpha value is -3.17. The van der Waals surface area contributed by atoms with E-state index in [1.165, 1.54) is 12.3 Å². The van der Waals surface area contributed by atoms with Crippen LogP contribution in [-0.4, -0.2) is 31.0 Å². The maximum Gasteiger partial charge on any atom is 0.352 e. The molecule has 0 fully saturated rings. The fraction of sp³-hybridized carbons (Fsp3) is 0. The zero-order valence-electron chi connectivity index (χ0n) is 9.22. The molecule has 0 saturated heterocycles. The van der Waals surface area contributed by atoms with Crippen molar-refractivity contribution in [1.29, 1.82) is 0 Å². The van der Waals surface area contributed by atoms with E-state index in [0.717, 1.165) is 6.07 Å². The molecule has 100 valence electrons. The molecule has 0 saturated carbocycles. The second-order valence-electron chi connectivity index (χ2n) is 3.10. The van der Waals surface area contributed by atoms with Crippen LogP contribution in [-0.2, 0) is 0 Å². The van der Waals surface area contributed by atoms with Crippen LogP contribution < -0.4 is 22.5 Å². The SMILES string of the molecule is O=C(O)c1cc(=O)[nH]c(=O)[nH]1.O=c1cc[nH]c(=O)[nH]1. The van der Waals surface area contributed by atoms with Crippen LogP contribution in [0.2, 0.25) is 0 Å². The normalized spacial score (nSPS) is 9.26. The fourth-order valence-corrected chi connectivity index (χ4v) is 0.967. The van der Waals surface area contributed by atoms with Gasteiger partial charge in [-0.15, -0.1) is 0 Å². The van der Waals surface area contributed by atoms with Crippen molar-refractivity contribution < 1.29 is 9.90 Å². The van der Waals surface area contributed by atoms with Crippen molar-refractivity contribution in [3.63, 3.8) is 0 Å². The van der Waals surface area contributed by atoms with Crippen LogP contribution in [0.15, 0.2) is 37.5 Å². The largest absolute Gasteiger partial charge is 0.477 e. The molecule has 0 amide bonds. The van der Waals surface area contributed by atoms with Gasteiger partial charge in [-0.25, -0.2) is 14.4 Å². The summed E-state index contributed by atoms with van der Waals surface area (Å²) >= 11 is 0. The molecular weight excluding hydrogens is 260 g/mol. The molecule has 0 aliphatic heterocycles. The molecule has 0 unspecified atom stereocenters. The van der Waals surface area contributed by atoms with Crippen molar-refractivity contribution >= 4 is 5.97 Å². The predicted octanol–water partition coefficient (Wildman–Crippen LogP) is -2.18. The van der Waals surface area contributed by atoms with Gasteiger partial charge in [-0.1, -0.05) is 0 Å². The number of aromatic carboxylic acids is 1. The highest BCUT2D eigenvalue weighted by Crippen LogP contribution is 1.81. The lowest BCUT2D eigenvalue weighted by Gasteiger charge is -1.89. The van der Waals surface area contributed by atoms with Crippen molar-refractivity contribution in [3.05, 3.63) is 65.7 Å². The standard InChI is InChI=1S/C5H4N2O4.C4H4N2O2/c8-3-1-2(4(9)10)6-5(11)7-3;7-3-1-2-5-4(8)6-3/h1H,(H,9,10)(H2,6,7,8,11);1-2H,(H2,5,6,7,8). The third kappa shape index (κ3) is 4.68. The Morgan fingerprint density at radius 2 is 1.58 bits per heavy atom. The van der Waals surface area contributed by atoms with Gasteiger partial charge in [-0.05, 0) is 0 Å². The summed E-state index contributed by atoms with van der Waals surface area (Å²) in [6, 6.07) is 2.03. The minimum atomic E-state index is -1.34. The van der Waals surface area contributed by atoms with E-state index in [1.807, 2.05) is 15.0 Å². The average molecular weight is 268 g/mol. The van der Waals surface area contributed by atoms with Gasteiger partial charge in [0.2, 0.25) is 0 Å². The number of carboxylic acids is 1. The first-order valence-electron chi connectivity index (χ1n) is 4.73. The highest BCUT2D eigenvalue weighted by molar-refractivity contribution is 5.84. The van der Waals surface area contributed by atoms with Gasteiger partial charge in [-0.3, -0.25) is 19.6 Å². The molecule has 2 aromatic rings. The lowest BCUT2D eigenvalue weighted by atomic mass is 10.4. The zero-order valence-corrected chi connectivity index (χ0v) is 9.22. The van der Waals surface area contributed by atoms with E-state index >= 15 is 0 Å². The first-order chi connectivity index (χ1) is 8.88. The van der Waals surface area contributed by atoms with Crippen molar-refractivity contribution in [3.8, 4) is 0 Å². The second-order valence-corrected chi connectivity index (χ2v) is 3.10. The number of hydrogen-bond donors (Lipinski definition) is 5. The van der Waals surface area contributed by atoms with Crippen LogP contribution in [0.1, 0.15) is 10.5 Å². The number of carboxylic acid groups (broad SMARTS) is 1. The molecule has 5 N–H and O–H groups in total. The Bertz CT molecular complexity index is 742. The highest BCUT2D eigenvalue weighted by atomic mass is 16.4. The van der Waals surface area contributed by atoms with Crippen molar-refractivity contribution in [1.82, 2.24) is 19.9 Å². The van der Waals surface area contributed by atoms with Gasteiger partial charge >= 0.3 is 17.3 Å². The van der Waals surface area contributed by atoms with Crippen LogP contribution in [0.25, 0.3) is 0 Å². The van der Waals surface area contributed by atoms with Crippen LogP contribution in [0.4, 0.5) is 0 Å². The van der Waals surface area contributed by atoms with Gasteiger partial charge in [0.05, 0.1) is 0 Å². The van der Waals surface area contributed by atoms with E-state index in [-0.39, 0.29) is 5.56 Å². The molecule has 0 radical (unpaired) electrons. The number of aromatic nitrogens is 4. The van der Waals surface area contributed by atoms with Crippen molar-refractivity contribution in [2.75, 3.05) is 0 Å². The Kier molecular flexibility index (Phi) is 4.35. The molecule has 10 heteroatoms. The van der Waals surface area contributed by atoms with Crippen molar-refractivity contribution in [2.24, 2.45) is 0 Å². The summed E-state index contributed by atoms with van der Waals surface area (Å²) in [4.78, 5) is 59.5. The maximum atomic E-state index is 10.5. The Balaban J connectivity index is 0.000000200. The molecule has 2 aromatic heterocycles. The summed E-state index contributed by atoms with van der Waals surface area (Å²) in [5.41, 5.74) is -2.83. The summed E-state index contributed by atoms with van der Waals surface area (Å²) in [6.45, 7) is 0. The van der Waals surface area contributed by atoms with Gasteiger partial charge < -0.3 is 15.1 Å². The minimum absolute atomic E-state index is 0.381. The minimum Gasteiger partial charge on any atom is -0.477 e. The molecule has 10 nitrogen and oxygen atoms in total. The number of rotatable bonds is 1. The lowest BCUT2D eigenvalue weighted by Crippen LogP contribution is -2.24. The van der Waals surface area contributed by atoms with Crippen molar-refractivity contribution in [2.45, 2.75) is 0 Å². The quantitative estimate of drug-likeness (QED) is 0.394. The number of hydrogen-bond acceptors (Lipinski definition) is 5. The third-order valence-electron chi connectivity index (χ3n) is 1.68. The molecule has 0 aromatic carbocycles. The van der Waals surface area contributed by atoms with Gasteiger partial charge in [-0.2, -0.15) is 0 Å². The summed E-state index contributed by atoms with van der Waals surface area (Å²) < 4.78 is 0. The lowest BCUT2D eigenvalue weighted by molar-refractivity contribution is 0.0689. The predicted molar refractivity (Wildman–Crippen MR) is 62.3 cm³/mol. The van der Waals surface area contributed by atoms with Gasteiger partial charge in [0.1, 0.15) is 5.69 Å². The third-order valence-corrected chi connectivity index (χ3v) is 1.68. The van der Waals surface area contributed by atoms with Crippen LogP contribution >= 0.6 is 0 Å². The first kappa shape index (κ1) is 13.9. The van der Waals surface area contributed by atoms with E-state index < -0.39 is 28.6 Å². The van der Waals surface area contributed by atoms with E-state index in [1.54, 1.807) is 0 Å². The fourth-order valence-electron chi connectivity index (χ4n) is 0.967. The number of H-pyrrole nitrogens is 4. The molecule has 0 aliphatic carbocycles. The summed E-state index contributed by atoms with van der Waals surface area (Å²) in [5, 5.41) is 8.31. The second kappa shape index (κ2) is 5.95. The van der Waals surface area contributed by atoms with Gasteiger partial charge in [0.25, 0.3) is 11.1 Å². The maximum absolute atomic E-state index is 10.5. The molecule has 0 atom stereocenters. The van der Waals surface area contributed by atoms with Crippen LogP contribution in [0.3, 0.4) is 0 Å². The van der Waals surface area contributed by atoms with Gasteiger partial charge in [0.15, 0.2) is 0 Å². The molecule has 0 spiro atoms. The molecule has 0 aliphatic rings. The number of aromatic amines is 4. The molecule has 2 rings (SSSR count). The Labute approximate surface area is 102 Å². The average Bonchev–Trinajstić information content (AvgIpc) is 2.28. The van der Waals surface area contributed by atoms with E-state index in [4.69, 9.17) is 5.11 Å². The molecule has 19 heavy (non-hydrogen) atoms. The summed E-state index contributed by atoms with van der Waals surface area (Å²) in [5.74, 6) is -1.34. The molecule has 2 heterocycles. The van der Waals surface area contributed by atoms with Gasteiger partial charge in [0, 0.05) is 18.3 Å². The molecular formula is C9H8N4O6. The summed E-state index contributed by atoms with van der Waals surface area (Å²) in [6.07, 6.45) is 1.29. The summed E-state index contributed by atoms with van der Waals surface area (Å²) in [7, 11) is 0. The monoisotopic (exact) mass is 268 g/mol. The van der Waals surface area contributed by atoms with E-state index in [9.17, 15) is 24.0 Å². The number of carbonyl (C=O) groups is 1. The Morgan fingerprint density at radius 3 is 2.00 bits per heavy atom. The van der Waals surface area contributed by atoms with Crippen LogP contribution in [0, 0.1) is 0 Å². The van der Waals surface area contributed by atoms with Crippen LogP contribution in [0.5, 0.6) is 0 Å². The Morgan fingerprint density at radius 1 is 0.947 bits per heavy atom. The first-order valence-corrected chi connectivity index (χ1v) is 4.73. The van der Waals surface area contributed by atoms with E-state index in [0.29, 0.717) is 0 Å². The number of nitrogens with one attached hydrogen (secondary N) is 4.